The van der Waals surface area contributed by atoms with Gasteiger partial charge in [-0.3, -0.25) is 14.4 Å². The van der Waals surface area contributed by atoms with E-state index in [0.29, 0.717) is 17.8 Å². The van der Waals surface area contributed by atoms with E-state index in [2.05, 4.69) is 15.3 Å². The highest BCUT2D eigenvalue weighted by Crippen LogP contribution is 2.45. The van der Waals surface area contributed by atoms with Gasteiger partial charge in [0.05, 0.1) is 38.2 Å². The van der Waals surface area contributed by atoms with Gasteiger partial charge in [-0.25, -0.2) is 10.0 Å². The average Bonchev–Trinajstić information content (AvgIpc) is 3.21. The predicted molar refractivity (Wildman–Crippen MR) is 173 cm³/mol. The molecule has 13 heteroatoms. The van der Waals surface area contributed by atoms with Crippen molar-refractivity contribution in [3.05, 3.63) is 67.9 Å². The van der Waals surface area contributed by atoms with Gasteiger partial charge in [-0.05, 0) is 51.1 Å². The van der Waals surface area contributed by atoms with Crippen LogP contribution in [0.25, 0.3) is 5.57 Å². The van der Waals surface area contributed by atoms with Gasteiger partial charge in [0, 0.05) is 63.5 Å². The van der Waals surface area contributed by atoms with Gasteiger partial charge in [0.2, 0.25) is 11.7 Å². The number of hydrazine groups is 1. The van der Waals surface area contributed by atoms with Crippen LogP contribution in [0, 0.1) is 0 Å². The molecule has 1 heterocycles. The molecule has 2 N–H and O–H groups in total. The van der Waals surface area contributed by atoms with E-state index >= 15 is 0 Å². The molecule has 2 aliphatic rings. The van der Waals surface area contributed by atoms with Crippen LogP contribution in [0.15, 0.2) is 52.3 Å². The third-order valence-electron chi connectivity index (χ3n) is 7.41. The zero-order chi connectivity index (χ0) is 31.7. The quantitative estimate of drug-likeness (QED) is 0.248. The van der Waals surface area contributed by atoms with Gasteiger partial charge in [-0.2, -0.15) is 10.1 Å². The molecule has 228 valence electrons. The molecule has 0 unspecified atom stereocenters. The van der Waals surface area contributed by atoms with Crippen LogP contribution >= 0.6 is 34.8 Å². The van der Waals surface area contributed by atoms with E-state index < -0.39 is 11.7 Å². The van der Waals surface area contributed by atoms with Crippen LogP contribution in [0.3, 0.4) is 0 Å². The monoisotopic (exact) mass is 646 g/mol. The fraction of sp³-hybridized carbons (Fsp3) is 0.333. The summed E-state index contributed by atoms with van der Waals surface area (Å²) in [5, 5.41) is 23.7. The minimum absolute atomic E-state index is 0.00378. The number of nitrogens with one attached hydrogen (secondary N) is 1. The van der Waals surface area contributed by atoms with Crippen molar-refractivity contribution in [1.82, 2.24) is 10.0 Å². The van der Waals surface area contributed by atoms with E-state index in [9.17, 15) is 19.5 Å². The number of carbonyl (C=O) groups excluding carboxylic acids is 3. The molecule has 2 aromatic carbocycles. The van der Waals surface area contributed by atoms with Gasteiger partial charge in [-0.15, -0.1) is 0 Å². The van der Waals surface area contributed by atoms with Gasteiger partial charge in [-0.1, -0.05) is 34.8 Å². The number of allylic oxidation sites excluding steroid dienone is 2. The van der Waals surface area contributed by atoms with E-state index in [0.717, 1.165) is 23.8 Å². The Morgan fingerprint density at radius 1 is 0.977 bits per heavy atom. The maximum absolute atomic E-state index is 13.6. The SMILES string of the molecule is CCN(CC)c1ccc(C2=C(O)C(=C3C(=O)N(c4c(Cl)cc(Cl)cc4Cl)N=C3C)C2=O)c(NC(=O)CCN(C)N(C)C)c1. The molecule has 2 amide bonds. The van der Waals surface area contributed by atoms with Gasteiger partial charge >= 0.3 is 0 Å². The number of amides is 2. The Kier molecular flexibility index (Phi) is 9.88. The molecule has 0 fully saturated rings. The average molecular weight is 648 g/mol. The van der Waals surface area contributed by atoms with Crippen LogP contribution in [0.5, 0.6) is 0 Å². The van der Waals surface area contributed by atoms with Crippen molar-refractivity contribution >= 4 is 80.7 Å². The molecule has 0 radical (unpaired) electrons. The fourth-order valence-electron chi connectivity index (χ4n) is 4.88. The molecular formula is C30H33Cl3N6O4. The summed E-state index contributed by atoms with van der Waals surface area (Å²) in [6.07, 6.45) is 0.202. The Hall–Kier alpha value is -3.41. The Balaban J connectivity index is 1.73. The molecule has 1 aliphatic heterocycles. The maximum atomic E-state index is 13.6. The number of hydrazone groups is 1. The van der Waals surface area contributed by atoms with Crippen LogP contribution in [0.1, 0.15) is 32.8 Å². The minimum atomic E-state index is -0.673. The van der Waals surface area contributed by atoms with E-state index in [1.165, 1.54) is 12.1 Å². The molecule has 0 atom stereocenters. The second-order valence-electron chi connectivity index (χ2n) is 10.3. The topological polar surface area (TPSA) is 109 Å². The molecule has 10 nitrogen and oxygen atoms in total. The molecule has 0 bridgehead atoms. The summed E-state index contributed by atoms with van der Waals surface area (Å²) < 4.78 is 0. The minimum Gasteiger partial charge on any atom is -0.506 e. The highest BCUT2D eigenvalue weighted by atomic mass is 35.5. The van der Waals surface area contributed by atoms with E-state index in [4.69, 9.17) is 34.8 Å². The molecule has 0 saturated carbocycles. The number of hydrogen-bond donors (Lipinski definition) is 2. The zero-order valence-corrected chi connectivity index (χ0v) is 27.0. The summed E-state index contributed by atoms with van der Waals surface area (Å²) in [5.41, 5.74) is 1.66. The van der Waals surface area contributed by atoms with Crippen molar-refractivity contribution in [1.29, 1.82) is 0 Å². The first kappa shape index (κ1) is 32.5. The number of anilines is 3. The molecule has 0 spiro atoms. The lowest BCUT2D eigenvalue weighted by atomic mass is 9.79. The number of ketones is 1. The third kappa shape index (κ3) is 6.30. The zero-order valence-electron chi connectivity index (χ0n) is 24.8. The van der Waals surface area contributed by atoms with E-state index in [-0.39, 0.29) is 61.3 Å². The summed E-state index contributed by atoms with van der Waals surface area (Å²) in [6, 6.07) is 8.16. The van der Waals surface area contributed by atoms with Crippen LogP contribution in [0.4, 0.5) is 17.1 Å². The first-order chi connectivity index (χ1) is 20.3. The van der Waals surface area contributed by atoms with Crippen molar-refractivity contribution in [2.75, 3.05) is 56.0 Å². The van der Waals surface area contributed by atoms with Crippen molar-refractivity contribution in [2.45, 2.75) is 27.2 Å². The molecule has 2 aromatic rings. The largest absolute Gasteiger partial charge is 0.506 e. The summed E-state index contributed by atoms with van der Waals surface area (Å²) in [4.78, 5) is 42.2. The standard InChI is InChI=1S/C30H33Cl3N6O4/c1-7-38(8-2)18-9-10-19(22(15-18)34-23(40)11-12-37(6)36(4)5)25-28(41)26(29(25)42)24-16(3)35-39(30(24)43)27-20(32)13-17(31)14-21(27)33/h9-10,13-15,41H,7-8,11-12H2,1-6H3,(H,34,40). The first-order valence-electron chi connectivity index (χ1n) is 13.6. The lowest BCUT2D eigenvalue weighted by molar-refractivity contribution is -0.117. The first-order valence-corrected chi connectivity index (χ1v) is 14.8. The Morgan fingerprint density at radius 2 is 1.60 bits per heavy atom. The second kappa shape index (κ2) is 13.1. The Labute approximate surface area is 265 Å². The third-order valence-corrected chi connectivity index (χ3v) is 8.20. The Morgan fingerprint density at radius 3 is 2.16 bits per heavy atom. The van der Waals surface area contributed by atoms with Crippen LogP contribution in [-0.4, -0.2) is 79.2 Å². The molecule has 1 aliphatic carbocycles. The van der Waals surface area contributed by atoms with Crippen LogP contribution in [0.2, 0.25) is 15.1 Å². The molecule has 43 heavy (non-hydrogen) atoms. The van der Waals surface area contributed by atoms with Crippen molar-refractivity contribution in [3.8, 4) is 0 Å². The summed E-state index contributed by atoms with van der Waals surface area (Å²) in [5.74, 6) is -1.84. The maximum Gasteiger partial charge on any atom is 0.281 e. The lowest BCUT2D eigenvalue weighted by Crippen LogP contribution is -2.35. The smallest absolute Gasteiger partial charge is 0.281 e. The fourth-order valence-corrected chi connectivity index (χ4v) is 5.86. The lowest BCUT2D eigenvalue weighted by Gasteiger charge is -2.27. The van der Waals surface area contributed by atoms with Gasteiger partial charge in [0.1, 0.15) is 11.4 Å². The number of benzene rings is 2. The van der Waals surface area contributed by atoms with Crippen LogP contribution < -0.4 is 15.2 Å². The number of carbonyl (C=O) groups is 3. The summed E-state index contributed by atoms with van der Waals surface area (Å²) >= 11 is 18.6. The van der Waals surface area contributed by atoms with Gasteiger partial charge in [0.15, 0.2) is 0 Å². The van der Waals surface area contributed by atoms with Crippen molar-refractivity contribution < 1.29 is 19.5 Å². The van der Waals surface area contributed by atoms with Crippen LogP contribution in [-0.2, 0) is 14.4 Å². The van der Waals surface area contributed by atoms with Gasteiger partial charge in [0.25, 0.3) is 5.91 Å². The second-order valence-corrected chi connectivity index (χ2v) is 11.5. The van der Waals surface area contributed by atoms with Crippen molar-refractivity contribution in [2.24, 2.45) is 5.10 Å². The molecule has 0 aromatic heterocycles. The summed E-state index contributed by atoms with van der Waals surface area (Å²) in [7, 11) is 5.63. The van der Waals surface area contributed by atoms with Gasteiger partial charge < -0.3 is 15.3 Å². The number of rotatable bonds is 10. The normalized spacial score (nSPS) is 16.8. The number of aliphatic hydroxyl groups is 1. The number of halogens is 3. The van der Waals surface area contributed by atoms with Crippen molar-refractivity contribution in [3.63, 3.8) is 0 Å². The number of nitrogens with zero attached hydrogens (tertiary/aromatic N) is 5. The predicted octanol–water partition coefficient (Wildman–Crippen LogP) is 5.80. The Bertz CT molecular complexity index is 1570. The van der Waals surface area contributed by atoms with E-state index in [1.807, 2.05) is 51.1 Å². The number of Topliss-reactive ketones (excluding diaryl/α,β-unsaturated/α-hetero) is 1. The number of aliphatic hydroxyl groups excluding tert-OH is 1. The molecule has 4 rings (SSSR count). The molecular weight excluding hydrogens is 615 g/mol. The van der Waals surface area contributed by atoms with E-state index in [1.54, 1.807) is 19.1 Å². The number of hydrogen-bond acceptors (Lipinski definition) is 8. The highest BCUT2D eigenvalue weighted by Gasteiger charge is 2.44. The molecule has 0 saturated heterocycles. The highest BCUT2D eigenvalue weighted by molar-refractivity contribution is 6.47. The summed E-state index contributed by atoms with van der Waals surface area (Å²) in [6.45, 7) is 7.53.